The van der Waals surface area contributed by atoms with Gasteiger partial charge in [-0.25, -0.2) is 0 Å². The molecule has 4 heteroatoms. The van der Waals surface area contributed by atoms with E-state index in [-0.39, 0.29) is 11.9 Å². The van der Waals surface area contributed by atoms with Crippen molar-refractivity contribution in [2.24, 2.45) is 5.92 Å². The Hall–Kier alpha value is -1.06. The Balaban J connectivity index is 2.71. The van der Waals surface area contributed by atoms with Gasteiger partial charge in [-0.2, -0.15) is 0 Å². The fourth-order valence-corrected chi connectivity index (χ4v) is 1.40. The Bertz CT molecular complexity index is 214. The van der Waals surface area contributed by atoms with Gasteiger partial charge in [0.05, 0.1) is 7.11 Å². The molecule has 2 atom stereocenters. The third-order valence-corrected chi connectivity index (χ3v) is 2.37. The third-order valence-electron chi connectivity index (χ3n) is 2.37. The number of nitrogens with zero attached hydrogens (tertiary/aromatic N) is 1. The quantitative estimate of drug-likeness (QED) is 0.413. The number of methoxy groups -OCH3 is 1. The smallest absolute Gasteiger partial charge is 0.318 e. The average Bonchev–Trinajstić information content (AvgIpc) is 2.32. The predicted octanol–water partition coefficient (Wildman–Crippen LogP) is 0.0262. The summed E-state index contributed by atoms with van der Waals surface area (Å²) < 4.78 is 4.51. The number of ether oxygens (including phenoxy) is 1. The predicted molar refractivity (Wildman–Crippen MR) is 42.4 cm³/mol. The summed E-state index contributed by atoms with van der Waals surface area (Å²) in [6.45, 7) is 1.92. The molecular weight excluding hydrogens is 158 g/mol. The van der Waals surface area contributed by atoms with Gasteiger partial charge in [0.1, 0.15) is 5.92 Å². The minimum Gasteiger partial charge on any atom is -0.468 e. The first-order valence-corrected chi connectivity index (χ1v) is 3.92. The molecule has 1 aliphatic heterocycles. The first-order valence-electron chi connectivity index (χ1n) is 3.92. The van der Waals surface area contributed by atoms with E-state index in [1.54, 1.807) is 11.9 Å². The number of amides is 1. The molecule has 1 fully saturated rings. The summed E-state index contributed by atoms with van der Waals surface area (Å²) in [6, 6.07) is 0.140. The number of likely N-dealkylation sites (tertiary alicyclic amines) is 1. The van der Waals surface area contributed by atoms with E-state index in [0.717, 1.165) is 0 Å². The molecule has 0 aliphatic carbocycles. The Labute approximate surface area is 71.5 Å². The number of esters is 1. The van der Waals surface area contributed by atoms with E-state index < -0.39 is 11.9 Å². The Morgan fingerprint density at radius 1 is 1.67 bits per heavy atom. The van der Waals surface area contributed by atoms with Crippen molar-refractivity contribution in [1.29, 1.82) is 0 Å². The van der Waals surface area contributed by atoms with E-state index in [1.165, 1.54) is 7.11 Å². The molecule has 0 saturated carbocycles. The van der Waals surface area contributed by atoms with Crippen molar-refractivity contribution in [2.45, 2.75) is 19.4 Å². The lowest BCUT2D eigenvalue weighted by atomic mass is 10.1. The molecule has 12 heavy (non-hydrogen) atoms. The largest absolute Gasteiger partial charge is 0.468 e. The molecule has 4 nitrogen and oxygen atoms in total. The van der Waals surface area contributed by atoms with Crippen LogP contribution in [0.15, 0.2) is 0 Å². The second-order valence-corrected chi connectivity index (χ2v) is 3.11. The first kappa shape index (κ1) is 9.03. The fourth-order valence-electron chi connectivity index (χ4n) is 1.40. The van der Waals surface area contributed by atoms with Crippen molar-refractivity contribution in [3.8, 4) is 0 Å². The highest BCUT2D eigenvalue weighted by Crippen LogP contribution is 2.23. The molecule has 0 aromatic carbocycles. The Morgan fingerprint density at radius 2 is 2.25 bits per heavy atom. The number of carbonyl (C=O) groups excluding carboxylic acids is 2. The van der Waals surface area contributed by atoms with Gasteiger partial charge >= 0.3 is 5.97 Å². The van der Waals surface area contributed by atoms with Crippen LogP contribution >= 0.6 is 0 Å². The standard InChI is InChI=1S/C8H13NO3/c1-5-4-6(8(11)12-3)7(10)9(5)2/h5-6H,4H2,1-3H3. The van der Waals surface area contributed by atoms with Gasteiger partial charge in [-0.15, -0.1) is 0 Å². The number of carbonyl (C=O) groups is 2. The van der Waals surface area contributed by atoms with E-state index in [2.05, 4.69) is 4.74 Å². The summed E-state index contributed by atoms with van der Waals surface area (Å²) in [5.74, 6) is -1.12. The lowest BCUT2D eigenvalue weighted by Crippen LogP contribution is -2.30. The molecular formula is C8H13NO3. The monoisotopic (exact) mass is 171 g/mol. The van der Waals surface area contributed by atoms with Crippen molar-refractivity contribution in [1.82, 2.24) is 4.90 Å². The van der Waals surface area contributed by atoms with Crippen LogP contribution in [0.3, 0.4) is 0 Å². The zero-order valence-electron chi connectivity index (χ0n) is 7.53. The van der Waals surface area contributed by atoms with Gasteiger partial charge in [0.25, 0.3) is 0 Å². The Kier molecular flexibility index (Phi) is 2.35. The fraction of sp³-hybridized carbons (Fsp3) is 0.750. The lowest BCUT2D eigenvalue weighted by Gasteiger charge is -2.13. The lowest BCUT2D eigenvalue weighted by molar-refractivity contribution is -0.150. The zero-order valence-corrected chi connectivity index (χ0v) is 7.53. The van der Waals surface area contributed by atoms with Crippen LogP contribution in [-0.4, -0.2) is 37.0 Å². The van der Waals surface area contributed by atoms with Crippen molar-refractivity contribution < 1.29 is 14.3 Å². The molecule has 0 bridgehead atoms. The summed E-state index contributed by atoms with van der Waals surface area (Å²) in [4.78, 5) is 24.0. The van der Waals surface area contributed by atoms with Gasteiger partial charge < -0.3 is 9.64 Å². The van der Waals surface area contributed by atoms with E-state index in [9.17, 15) is 9.59 Å². The topological polar surface area (TPSA) is 46.6 Å². The molecule has 1 heterocycles. The molecule has 1 aliphatic rings. The second-order valence-electron chi connectivity index (χ2n) is 3.11. The first-order chi connectivity index (χ1) is 5.57. The van der Waals surface area contributed by atoms with Gasteiger partial charge in [-0.3, -0.25) is 9.59 Å². The van der Waals surface area contributed by atoms with Crippen LogP contribution in [-0.2, 0) is 14.3 Å². The van der Waals surface area contributed by atoms with Crippen LogP contribution in [0.25, 0.3) is 0 Å². The molecule has 1 amide bonds. The van der Waals surface area contributed by atoms with Crippen LogP contribution in [0.1, 0.15) is 13.3 Å². The zero-order chi connectivity index (χ0) is 9.30. The average molecular weight is 171 g/mol. The molecule has 1 rings (SSSR count). The van der Waals surface area contributed by atoms with Crippen LogP contribution in [0.4, 0.5) is 0 Å². The van der Waals surface area contributed by atoms with E-state index >= 15 is 0 Å². The third kappa shape index (κ3) is 1.29. The van der Waals surface area contributed by atoms with E-state index in [1.807, 2.05) is 6.92 Å². The van der Waals surface area contributed by atoms with Gasteiger partial charge in [0, 0.05) is 13.1 Å². The van der Waals surface area contributed by atoms with Crippen molar-refractivity contribution in [3.05, 3.63) is 0 Å². The van der Waals surface area contributed by atoms with Crippen LogP contribution in [0, 0.1) is 5.92 Å². The molecule has 0 aromatic rings. The molecule has 0 N–H and O–H groups in total. The number of hydrogen-bond donors (Lipinski definition) is 0. The molecule has 0 aromatic heterocycles. The molecule has 1 saturated heterocycles. The van der Waals surface area contributed by atoms with Gasteiger partial charge in [0.2, 0.25) is 5.91 Å². The second kappa shape index (κ2) is 3.13. The summed E-state index contributed by atoms with van der Waals surface area (Å²) in [6.07, 6.45) is 0.571. The highest BCUT2D eigenvalue weighted by Gasteiger charge is 2.39. The maximum atomic E-state index is 11.3. The highest BCUT2D eigenvalue weighted by atomic mass is 16.5. The van der Waals surface area contributed by atoms with Crippen molar-refractivity contribution in [3.63, 3.8) is 0 Å². The summed E-state index contributed by atoms with van der Waals surface area (Å²) in [5.41, 5.74) is 0. The SMILES string of the molecule is COC(=O)C1CC(C)N(C)C1=O. The number of rotatable bonds is 1. The normalized spacial score (nSPS) is 29.2. The summed E-state index contributed by atoms with van der Waals surface area (Å²) in [7, 11) is 3.01. The van der Waals surface area contributed by atoms with Gasteiger partial charge in [-0.05, 0) is 13.3 Å². The maximum Gasteiger partial charge on any atom is 0.318 e. The molecule has 0 spiro atoms. The highest BCUT2D eigenvalue weighted by molar-refractivity contribution is 5.99. The summed E-state index contributed by atoms with van der Waals surface area (Å²) >= 11 is 0. The van der Waals surface area contributed by atoms with Crippen molar-refractivity contribution >= 4 is 11.9 Å². The minimum atomic E-state index is -0.574. The molecule has 2 unspecified atom stereocenters. The minimum absolute atomic E-state index is 0.130. The van der Waals surface area contributed by atoms with Crippen LogP contribution in [0.5, 0.6) is 0 Å². The van der Waals surface area contributed by atoms with Crippen LogP contribution < -0.4 is 0 Å². The van der Waals surface area contributed by atoms with Crippen molar-refractivity contribution in [2.75, 3.05) is 14.2 Å². The molecule has 0 radical (unpaired) electrons. The van der Waals surface area contributed by atoms with Crippen LogP contribution in [0.2, 0.25) is 0 Å². The Morgan fingerprint density at radius 3 is 2.58 bits per heavy atom. The van der Waals surface area contributed by atoms with Gasteiger partial charge in [0.15, 0.2) is 0 Å². The van der Waals surface area contributed by atoms with Gasteiger partial charge in [-0.1, -0.05) is 0 Å². The molecule has 68 valence electrons. The maximum absolute atomic E-state index is 11.3. The van der Waals surface area contributed by atoms with E-state index in [0.29, 0.717) is 6.42 Å². The summed E-state index contributed by atoms with van der Waals surface area (Å²) in [5, 5.41) is 0. The number of hydrogen-bond acceptors (Lipinski definition) is 3. The van der Waals surface area contributed by atoms with E-state index in [4.69, 9.17) is 0 Å².